The first-order valence-electron chi connectivity index (χ1n) is 17.1. The van der Waals surface area contributed by atoms with E-state index in [0.29, 0.717) is 32.2 Å². The molecule has 0 bridgehead atoms. The van der Waals surface area contributed by atoms with Crippen molar-refractivity contribution in [1.29, 1.82) is 0 Å². The maximum atomic E-state index is 14.5. The Morgan fingerprint density at radius 2 is 1.41 bits per heavy atom. The predicted molar refractivity (Wildman–Crippen MR) is 201 cm³/mol. The molecule has 0 spiro atoms. The van der Waals surface area contributed by atoms with Crippen LogP contribution in [-0.4, -0.2) is 65.8 Å². The fraction of sp³-hybridized carbons (Fsp3) is 0.341. The van der Waals surface area contributed by atoms with E-state index in [1.807, 2.05) is 110 Å². The molecular formula is C41H50N4O3S. The average molecular weight is 679 g/mol. The van der Waals surface area contributed by atoms with Crippen molar-refractivity contribution in [3.05, 3.63) is 131 Å². The van der Waals surface area contributed by atoms with E-state index in [1.54, 1.807) is 25.4 Å². The van der Waals surface area contributed by atoms with Gasteiger partial charge in [0.1, 0.15) is 12.1 Å². The lowest BCUT2D eigenvalue weighted by Gasteiger charge is -2.34. The van der Waals surface area contributed by atoms with Gasteiger partial charge >= 0.3 is 0 Å². The first-order chi connectivity index (χ1) is 23.6. The van der Waals surface area contributed by atoms with E-state index in [9.17, 15) is 14.4 Å². The molecule has 4 aromatic rings. The normalized spacial score (nSPS) is 12.8. The van der Waals surface area contributed by atoms with Crippen LogP contribution in [0.15, 0.2) is 115 Å². The van der Waals surface area contributed by atoms with Gasteiger partial charge in [0.2, 0.25) is 17.7 Å². The monoisotopic (exact) mass is 678 g/mol. The number of hydrogen-bond acceptors (Lipinski definition) is 5. The summed E-state index contributed by atoms with van der Waals surface area (Å²) in [6.45, 7) is 4.54. The van der Waals surface area contributed by atoms with Crippen molar-refractivity contribution in [2.75, 3.05) is 20.6 Å². The number of nitrogens with zero attached hydrogens (tertiary/aromatic N) is 2. The van der Waals surface area contributed by atoms with Crippen LogP contribution in [0, 0.1) is 0 Å². The third kappa shape index (κ3) is 10.7. The quantitative estimate of drug-likeness (QED) is 0.122. The molecule has 0 aliphatic heterocycles. The Kier molecular flexibility index (Phi) is 13.9. The highest BCUT2D eigenvalue weighted by Crippen LogP contribution is 2.22. The third-order valence-electron chi connectivity index (χ3n) is 9.43. The van der Waals surface area contributed by atoms with E-state index in [2.05, 4.69) is 17.4 Å². The molecule has 0 aliphatic rings. The number of likely N-dealkylation sites (N-methyl/N-ethyl adjacent to an activating group) is 2. The van der Waals surface area contributed by atoms with E-state index in [-0.39, 0.29) is 23.3 Å². The van der Waals surface area contributed by atoms with Crippen LogP contribution in [0.5, 0.6) is 0 Å². The molecule has 3 N–H and O–H groups in total. The lowest BCUT2D eigenvalue weighted by molar-refractivity contribution is -0.146. The lowest BCUT2D eigenvalue weighted by Crippen LogP contribution is -2.56. The van der Waals surface area contributed by atoms with E-state index in [0.717, 1.165) is 40.0 Å². The number of hydrogen-bond donors (Lipinski definition) is 2. The van der Waals surface area contributed by atoms with Gasteiger partial charge in [-0.25, -0.2) is 0 Å². The average Bonchev–Trinajstić information content (AvgIpc) is 3.66. The fourth-order valence-electron chi connectivity index (χ4n) is 5.79. The van der Waals surface area contributed by atoms with Crippen LogP contribution >= 0.6 is 11.3 Å². The summed E-state index contributed by atoms with van der Waals surface area (Å²) in [6, 6.07) is 30.5. The van der Waals surface area contributed by atoms with Crippen molar-refractivity contribution < 1.29 is 14.4 Å². The smallest absolute Gasteiger partial charge is 0.246 e. The van der Waals surface area contributed by atoms with E-state index < -0.39 is 12.1 Å². The van der Waals surface area contributed by atoms with Crippen molar-refractivity contribution in [3.8, 4) is 11.1 Å². The molecule has 49 heavy (non-hydrogen) atoms. The molecule has 0 saturated heterocycles. The van der Waals surface area contributed by atoms with Gasteiger partial charge in [-0.1, -0.05) is 111 Å². The molecule has 3 amide bonds. The van der Waals surface area contributed by atoms with Crippen LogP contribution in [0.25, 0.3) is 11.1 Å². The largest absolute Gasteiger partial charge is 0.354 e. The van der Waals surface area contributed by atoms with Crippen LogP contribution in [0.1, 0.15) is 49.1 Å². The summed E-state index contributed by atoms with van der Waals surface area (Å²) in [6.07, 6.45) is 6.83. The molecule has 3 aromatic carbocycles. The summed E-state index contributed by atoms with van der Waals surface area (Å²) in [5, 5.41) is 5.03. The predicted octanol–water partition coefficient (Wildman–Crippen LogP) is 6.68. The second-order valence-electron chi connectivity index (χ2n) is 12.7. The number of rotatable bonds is 17. The number of carbonyl (C=O) groups is 3. The van der Waals surface area contributed by atoms with Crippen molar-refractivity contribution in [2.45, 2.75) is 70.0 Å². The van der Waals surface area contributed by atoms with Crippen LogP contribution in [-0.2, 0) is 33.6 Å². The minimum atomic E-state index is -0.840. The molecule has 8 heteroatoms. The summed E-state index contributed by atoms with van der Waals surface area (Å²) in [7, 11) is 3.33. The van der Waals surface area contributed by atoms with Gasteiger partial charge in [0.15, 0.2) is 0 Å². The maximum Gasteiger partial charge on any atom is 0.246 e. The molecule has 0 saturated carbocycles. The number of carbonyl (C=O) groups excluding carboxylic acids is 3. The molecule has 2 atom stereocenters. The number of nitrogens with one attached hydrogen (secondary N) is 1. The second kappa shape index (κ2) is 18.3. The zero-order chi connectivity index (χ0) is 35.2. The van der Waals surface area contributed by atoms with E-state index in [4.69, 9.17) is 5.73 Å². The van der Waals surface area contributed by atoms with Gasteiger partial charge in [-0.15, -0.1) is 11.3 Å². The zero-order valence-electron chi connectivity index (χ0n) is 29.2. The Labute approximate surface area is 295 Å². The minimum Gasteiger partial charge on any atom is -0.354 e. The van der Waals surface area contributed by atoms with Crippen LogP contribution < -0.4 is 11.1 Å². The topological polar surface area (TPSA) is 95.7 Å². The molecule has 0 aliphatic carbocycles. The summed E-state index contributed by atoms with van der Waals surface area (Å²) >= 11 is 1.55. The Hall–Kier alpha value is -4.53. The van der Waals surface area contributed by atoms with Gasteiger partial charge in [-0.3, -0.25) is 14.4 Å². The third-order valence-corrected chi connectivity index (χ3v) is 10.3. The highest BCUT2D eigenvalue weighted by molar-refractivity contribution is 7.09. The Balaban J connectivity index is 1.58. The SMILES string of the molecule is CCC(N)(CC)CC=CC(=O)N(C)[C@H](Cc1ccc(-c2ccccc2)cc1)C(=O)N(C)[C@H](Cc1cccs1)C(=O)NCCc1ccccc1. The van der Waals surface area contributed by atoms with Crippen LogP contribution in [0.2, 0.25) is 0 Å². The summed E-state index contributed by atoms with van der Waals surface area (Å²) in [5.41, 5.74) is 10.3. The van der Waals surface area contributed by atoms with Crippen LogP contribution in [0.3, 0.4) is 0 Å². The summed E-state index contributed by atoms with van der Waals surface area (Å²) < 4.78 is 0. The van der Waals surface area contributed by atoms with E-state index in [1.165, 1.54) is 15.9 Å². The maximum absolute atomic E-state index is 14.5. The minimum absolute atomic E-state index is 0.224. The molecule has 0 unspecified atom stereocenters. The van der Waals surface area contributed by atoms with Crippen LogP contribution in [0.4, 0.5) is 0 Å². The molecule has 0 radical (unpaired) electrons. The molecular weight excluding hydrogens is 629 g/mol. The lowest BCUT2D eigenvalue weighted by atomic mass is 9.90. The van der Waals surface area contributed by atoms with E-state index >= 15 is 0 Å². The molecule has 4 rings (SSSR count). The second-order valence-corrected chi connectivity index (χ2v) is 13.7. The molecule has 1 aromatic heterocycles. The van der Waals surface area contributed by atoms with Gasteiger partial charge in [-0.05, 0) is 65.5 Å². The Bertz CT molecular complexity index is 1640. The zero-order valence-corrected chi connectivity index (χ0v) is 30.0. The fourth-order valence-corrected chi connectivity index (χ4v) is 6.53. The Morgan fingerprint density at radius 1 is 0.776 bits per heavy atom. The van der Waals surface area contributed by atoms with Gasteiger partial charge in [0.25, 0.3) is 0 Å². The van der Waals surface area contributed by atoms with Crippen molar-refractivity contribution in [2.24, 2.45) is 5.73 Å². The standard InChI is InChI=1S/C41H50N4O3S/c1-5-41(42,6-2)26-13-20-38(46)44(3)37(29-32-21-23-34(24-22-32)33-17-11-8-12-18-33)40(48)45(4)36(30-35-19-14-28-49-35)39(47)43-27-25-31-15-9-7-10-16-31/h7-24,28,36-37H,5-6,25-27,29-30,42H2,1-4H3,(H,43,47)/t36-,37-/m1/s1. The van der Waals surface area contributed by atoms with Crippen molar-refractivity contribution in [1.82, 2.24) is 15.1 Å². The molecule has 258 valence electrons. The van der Waals surface area contributed by atoms with Crippen molar-refractivity contribution >= 4 is 29.1 Å². The summed E-state index contributed by atoms with van der Waals surface area (Å²) in [4.78, 5) is 45.8. The first-order valence-corrected chi connectivity index (χ1v) is 18.0. The number of benzene rings is 3. The molecule has 0 fully saturated rings. The summed E-state index contributed by atoms with van der Waals surface area (Å²) in [5.74, 6) is -0.811. The molecule has 1 heterocycles. The number of thiophene rings is 1. The highest BCUT2D eigenvalue weighted by atomic mass is 32.1. The first kappa shape index (κ1) is 37.3. The molecule has 7 nitrogen and oxygen atoms in total. The Morgan fingerprint density at radius 3 is 2.02 bits per heavy atom. The van der Waals surface area contributed by atoms with Gasteiger partial charge in [-0.2, -0.15) is 0 Å². The van der Waals surface area contributed by atoms with Gasteiger partial charge in [0, 0.05) is 43.9 Å². The number of nitrogens with two attached hydrogens (primary N) is 1. The number of amides is 3. The van der Waals surface area contributed by atoms with Gasteiger partial charge in [0.05, 0.1) is 0 Å². The van der Waals surface area contributed by atoms with Gasteiger partial charge < -0.3 is 20.9 Å². The van der Waals surface area contributed by atoms with Crippen molar-refractivity contribution in [3.63, 3.8) is 0 Å². The highest BCUT2D eigenvalue weighted by Gasteiger charge is 2.35.